The third-order valence-electron chi connectivity index (χ3n) is 4.19. The quantitative estimate of drug-likeness (QED) is 0.0741. The van der Waals surface area contributed by atoms with E-state index in [0.717, 1.165) is 12.5 Å². The van der Waals surface area contributed by atoms with E-state index >= 15 is 0 Å². The summed E-state index contributed by atoms with van der Waals surface area (Å²) in [5, 5.41) is 0. The van der Waals surface area contributed by atoms with E-state index in [9.17, 15) is 9.59 Å². The molecule has 0 bridgehead atoms. The highest BCUT2D eigenvalue weighted by Gasteiger charge is 2.00. The topological polar surface area (TPSA) is 126 Å². The van der Waals surface area contributed by atoms with Crippen LogP contribution in [0.5, 0.6) is 0 Å². The summed E-state index contributed by atoms with van der Waals surface area (Å²) < 4.78 is 52.7. The SMILES string of the molecule is C=CC(=O)OCCOCCOCCOCCOCCOCCOCCOCCOCCOC(=O)CCC. The van der Waals surface area contributed by atoms with Gasteiger partial charge in [-0.2, -0.15) is 0 Å². The highest BCUT2D eigenvalue weighted by molar-refractivity contribution is 5.81. The predicted molar refractivity (Wildman–Crippen MR) is 134 cm³/mol. The Balaban J connectivity index is 3.07. The number of ether oxygens (including phenoxy) is 10. The maximum absolute atomic E-state index is 11.1. The summed E-state index contributed by atoms with van der Waals surface area (Å²) in [5.41, 5.74) is 0. The zero-order valence-corrected chi connectivity index (χ0v) is 22.3. The maximum Gasteiger partial charge on any atom is 0.330 e. The van der Waals surface area contributed by atoms with Gasteiger partial charge in [-0.05, 0) is 6.42 Å². The van der Waals surface area contributed by atoms with Crippen LogP contribution in [0.15, 0.2) is 12.7 Å². The lowest BCUT2D eigenvalue weighted by Gasteiger charge is -2.09. The number of rotatable bonds is 30. The highest BCUT2D eigenvalue weighted by atomic mass is 16.6. The first-order chi connectivity index (χ1) is 18.2. The molecular weight excluding hydrogens is 492 g/mol. The van der Waals surface area contributed by atoms with Crippen molar-refractivity contribution in [2.24, 2.45) is 0 Å². The Hall–Kier alpha value is -1.64. The maximum atomic E-state index is 11.1. The number of hydrogen-bond donors (Lipinski definition) is 0. The van der Waals surface area contributed by atoms with Crippen LogP contribution in [0.2, 0.25) is 0 Å². The van der Waals surface area contributed by atoms with Gasteiger partial charge in [-0.3, -0.25) is 4.79 Å². The van der Waals surface area contributed by atoms with Gasteiger partial charge in [-0.1, -0.05) is 13.5 Å². The van der Waals surface area contributed by atoms with Gasteiger partial charge in [-0.25, -0.2) is 4.79 Å². The summed E-state index contributed by atoms with van der Waals surface area (Å²) in [4.78, 5) is 22.0. The molecule has 218 valence electrons. The molecule has 0 aliphatic carbocycles. The van der Waals surface area contributed by atoms with E-state index in [1.54, 1.807) is 0 Å². The predicted octanol–water partition coefficient (Wildman–Crippen LogP) is 1.19. The van der Waals surface area contributed by atoms with Gasteiger partial charge >= 0.3 is 11.9 Å². The van der Waals surface area contributed by atoms with Crippen LogP contribution < -0.4 is 0 Å². The van der Waals surface area contributed by atoms with Crippen molar-refractivity contribution in [2.75, 3.05) is 119 Å². The first-order valence-corrected chi connectivity index (χ1v) is 12.8. The van der Waals surface area contributed by atoms with Crippen LogP contribution in [0, 0.1) is 0 Å². The summed E-state index contributed by atoms with van der Waals surface area (Å²) >= 11 is 0. The summed E-state index contributed by atoms with van der Waals surface area (Å²) in [5.74, 6) is -0.653. The Labute approximate surface area is 220 Å². The molecule has 0 rings (SSSR count). The molecule has 12 heteroatoms. The first kappa shape index (κ1) is 35.4. The Kier molecular flexibility index (Phi) is 29.2. The minimum Gasteiger partial charge on any atom is -0.463 e. The molecule has 0 aliphatic rings. The molecule has 0 fully saturated rings. The van der Waals surface area contributed by atoms with Gasteiger partial charge in [0.25, 0.3) is 0 Å². The number of carbonyl (C=O) groups excluding carboxylic acids is 2. The fourth-order valence-electron chi connectivity index (χ4n) is 2.39. The molecule has 0 amide bonds. The second-order valence-electron chi connectivity index (χ2n) is 7.24. The van der Waals surface area contributed by atoms with Crippen molar-refractivity contribution in [1.82, 2.24) is 0 Å². The van der Waals surface area contributed by atoms with Crippen LogP contribution in [0.3, 0.4) is 0 Å². The fourth-order valence-corrected chi connectivity index (χ4v) is 2.39. The third-order valence-corrected chi connectivity index (χ3v) is 4.19. The minimum atomic E-state index is -0.461. The Morgan fingerprint density at radius 1 is 0.486 bits per heavy atom. The zero-order valence-electron chi connectivity index (χ0n) is 22.3. The van der Waals surface area contributed by atoms with Crippen molar-refractivity contribution in [3.05, 3.63) is 12.7 Å². The first-order valence-electron chi connectivity index (χ1n) is 12.8. The molecular formula is C25H46O12. The van der Waals surface area contributed by atoms with Crippen molar-refractivity contribution < 1.29 is 57.0 Å². The molecule has 0 radical (unpaired) electrons. The Morgan fingerprint density at radius 2 is 0.757 bits per heavy atom. The van der Waals surface area contributed by atoms with Gasteiger partial charge in [0, 0.05) is 12.5 Å². The van der Waals surface area contributed by atoms with Crippen molar-refractivity contribution >= 4 is 11.9 Å². The van der Waals surface area contributed by atoms with Crippen LogP contribution in [0.4, 0.5) is 0 Å². The second-order valence-corrected chi connectivity index (χ2v) is 7.24. The van der Waals surface area contributed by atoms with E-state index in [-0.39, 0.29) is 19.2 Å². The van der Waals surface area contributed by atoms with E-state index in [1.165, 1.54) is 0 Å². The van der Waals surface area contributed by atoms with Crippen LogP contribution in [0.25, 0.3) is 0 Å². The van der Waals surface area contributed by atoms with Crippen molar-refractivity contribution in [3.8, 4) is 0 Å². The average molecular weight is 539 g/mol. The molecule has 0 saturated heterocycles. The highest BCUT2D eigenvalue weighted by Crippen LogP contribution is 1.91. The summed E-state index contributed by atoms with van der Waals surface area (Å²) in [6.07, 6.45) is 2.33. The Morgan fingerprint density at radius 3 is 1.03 bits per heavy atom. The van der Waals surface area contributed by atoms with E-state index in [0.29, 0.717) is 112 Å². The largest absolute Gasteiger partial charge is 0.463 e. The monoisotopic (exact) mass is 538 g/mol. The number of carbonyl (C=O) groups is 2. The normalized spacial score (nSPS) is 10.9. The van der Waals surface area contributed by atoms with Gasteiger partial charge in [0.2, 0.25) is 0 Å². The second kappa shape index (κ2) is 30.6. The van der Waals surface area contributed by atoms with E-state index < -0.39 is 5.97 Å². The molecule has 0 atom stereocenters. The Bertz CT molecular complexity index is 518. The van der Waals surface area contributed by atoms with Crippen LogP contribution in [-0.2, 0) is 57.0 Å². The standard InChI is InChI=1S/C25H46O12/c1-3-5-25(27)37-23-21-35-19-17-33-15-13-31-11-9-29-7-6-28-8-10-30-12-14-32-16-18-34-20-22-36-24(26)4-2/h4H,2-3,5-23H2,1H3. The summed E-state index contributed by atoms with van der Waals surface area (Å²) in [6.45, 7) is 13.0. The van der Waals surface area contributed by atoms with Gasteiger partial charge in [0.15, 0.2) is 0 Å². The molecule has 0 unspecified atom stereocenters. The lowest BCUT2D eigenvalue weighted by Crippen LogP contribution is -2.15. The fraction of sp³-hybridized carbons (Fsp3) is 0.840. The van der Waals surface area contributed by atoms with Crippen LogP contribution in [-0.4, -0.2) is 131 Å². The molecule has 0 aromatic rings. The molecule has 37 heavy (non-hydrogen) atoms. The van der Waals surface area contributed by atoms with Crippen molar-refractivity contribution in [2.45, 2.75) is 19.8 Å². The lowest BCUT2D eigenvalue weighted by atomic mass is 10.3. The molecule has 0 heterocycles. The van der Waals surface area contributed by atoms with Gasteiger partial charge < -0.3 is 47.4 Å². The molecule has 0 aromatic carbocycles. The van der Waals surface area contributed by atoms with Gasteiger partial charge in [-0.15, -0.1) is 0 Å². The zero-order chi connectivity index (χ0) is 27.1. The van der Waals surface area contributed by atoms with Gasteiger partial charge in [0.1, 0.15) is 13.2 Å². The van der Waals surface area contributed by atoms with Crippen LogP contribution in [0.1, 0.15) is 19.8 Å². The van der Waals surface area contributed by atoms with E-state index in [1.807, 2.05) is 6.92 Å². The van der Waals surface area contributed by atoms with Crippen molar-refractivity contribution in [3.63, 3.8) is 0 Å². The molecule has 0 aliphatic heterocycles. The number of hydrogen-bond acceptors (Lipinski definition) is 12. The van der Waals surface area contributed by atoms with Crippen LogP contribution >= 0.6 is 0 Å². The average Bonchev–Trinajstić information content (AvgIpc) is 2.90. The lowest BCUT2D eigenvalue weighted by molar-refractivity contribution is -0.145. The molecule has 0 saturated carbocycles. The summed E-state index contributed by atoms with van der Waals surface area (Å²) in [6, 6.07) is 0. The minimum absolute atomic E-state index is 0.192. The smallest absolute Gasteiger partial charge is 0.330 e. The molecule has 0 N–H and O–H groups in total. The third kappa shape index (κ3) is 30.5. The van der Waals surface area contributed by atoms with Crippen molar-refractivity contribution in [1.29, 1.82) is 0 Å². The molecule has 12 nitrogen and oxygen atoms in total. The summed E-state index contributed by atoms with van der Waals surface area (Å²) in [7, 11) is 0. The van der Waals surface area contributed by atoms with E-state index in [2.05, 4.69) is 6.58 Å². The van der Waals surface area contributed by atoms with Gasteiger partial charge in [0.05, 0.1) is 106 Å². The number of esters is 2. The van der Waals surface area contributed by atoms with E-state index in [4.69, 9.17) is 47.4 Å². The molecule has 0 spiro atoms. The molecule has 0 aromatic heterocycles.